The van der Waals surface area contributed by atoms with Crippen LogP contribution in [0.1, 0.15) is 85.0 Å². The first kappa shape index (κ1) is 15.7. The average molecular weight is 224 g/mol. The van der Waals surface area contributed by atoms with Gasteiger partial charge in [-0.05, 0) is 19.3 Å². The lowest BCUT2D eigenvalue weighted by atomic mass is 10.0. The fraction of sp³-hybridized carbons (Fsp3) is 0.875. The SMILES string of the molecule is CC=CC(C)CCCCCCCCCCC. The second-order valence-corrected chi connectivity index (χ2v) is 5.12. The van der Waals surface area contributed by atoms with Gasteiger partial charge < -0.3 is 0 Å². The van der Waals surface area contributed by atoms with E-state index in [1.165, 1.54) is 64.2 Å². The molecule has 16 heavy (non-hydrogen) atoms. The molecule has 0 aliphatic heterocycles. The van der Waals surface area contributed by atoms with Gasteiger partial charge in [-0.1, -0.05) is 83.8 Å². The lowest BCUT2D eigenvalue weighted by Gasteiger charge is -2.05. The van der Waals surface area contributed by atoms with Crippen molar-refractivity contribution in [2.45, 2.75) is 85.0 Å². The predicted molar refractivity (Wildman–Crippen MR) is 75.8 cm³/mol. The van der Waals surface area contributed by atoms with Gasteiger partial charge in [0.15, 0.2) is 0 Å². The first-order valence-electron chi connectivity index (χ1n) is 7.44. The summed E-state index contributed by atoms with van der Waals surface area (Å²) in [4.78, 5) is 0. The highest BCUT2D eigenvalue weighted by Gasteiger charge is 1.96. The smallest absolute Gasteiger partial charge is 0.0262 e. The summed E-state index contributed by atoms with van der Waals surface area (Å²) in [6.07, 6.45) is 18.8. The molecule has 1 atom stereocenters. The van der Waals surface area contributed by atoms with E-state index in [4.69, 9.17) is 0 Å². The first-order valence-corrected chi connectivity index (χ1v) is 7.44. The summed E-state index contributed by atoms with van der Waals surface area (Å²) in [5.74, 6) is 0.787. The van der Waals surface area contributed by atoms with E-state index in [0.29, 0.717) is 0 Å². The van der Waals surface area contributed by atoms with Gasteiger partial charge in [-0.2, -0.15) is 0 Å². The highest BCUT2D eigenvalue weighted by molar-refractivity contribution is 4.82. The average Bonchev–Trinajstić information content (AvgIpc) is 2.27. The second kappa shape index (κ2) is 12.8. The maximum absolute atomic E-state index is 2.32. The molecule has 0 amide bonds. The van der Waals surface area contributed by atoms with Crippen LogP contribution in [0.25, 0.3) is 0 Å². The van der Waals surface area contributed by atoms with Crippen LogP contribution in [0.3, 0.4) is 0 Å². The van der Waals surface area contributed by atoms with Crippen LogP contribution >= 0.6 is 0 Å². The maximum atomic E-state index is 2.32. The molecule has 0 radical (unpaired) electrons. The Hall–Kier alpha value is -0.260. The van der Waals surface area contributed by atoms with Crippen LogP contribution in [0, 0.1) is 5.92 Å². The zero-order valence-electron chi connectivity index (χ0n) is 11.8. The Morgan fingerprint density at radius 1 is 0.812 bits per heavy atom. The van der Waals surface area contributed by atoms with Crippen LogP contribution in [0.15, 0.2) is 12.2 Å². The molecule has 0 fully saturated rings. The summed E-state index contributed by atoms with van der Waals surface area (Å²) >= 11 is 0. The second-order valence-electron chi connectivity index (χ2n) is 5.12. The van der Waals surface area contributed by atoms with Gasteiger partial charge in [0.25, 0.3) is 0 Å². The molecule has 0 heterocycles. The molecule has 0 aromatic carbocycles. The van der Waals surface area contributed by atoms with E-state index in [-0.39, 0.29) is 0 Å². The van der Waals surface area contributed by atoms with E-state index in [1.54, 1.807) is 0 Å². The van der Waals surface area contributed by atoms with Crippen LogP contribution in [0.4, 0.5) is 0 Å². The van der Waals surface area contributed by atoms with E-state index in [9.17, 15) is 0 Å². The maximum Gasteiger partial charge on any atom is -0.0262 e. The fourth-order valence-corrected chi connectivity index (χ4v) is 2.20. The molecule has 0 saturated carbocycles. The molecule has 0 rings (SSSR count). The molecule has 0 aromatic rings. The molecule has 0 spiro atoms. The zero-order valence-corrected chi connectivity index (χ0v) is 11.8. The molecule has 0 bridgehead atoms. The van der Waals surface area contributed by atoms with Gasteiger partial charge in [0.05, 0.1) is 0 Å². The summed E-state index contributed by atoms with van der Waals surface area (Å²) in [6, 6.07) is 0. The Bertz CT molecular complexity index is 146. The quantitative estimate of drug-likeness (QED) is 0.293. The van der Waals surface area contributed by atoms with Crippen LogP contribution in [-0.2, 0) is 0 Å². The number of unbranched alkanes of at least 4 members (excludes halogenated alkanes) is 8. The third kappa shape index (κ3) is 11.8. The van der Waals surface area contributed by atoms with Crippen LogP contribution in [0.5, 0.6) is 0 Å². The molecule has 0 nitrogen and oxygen atoms in total. The first-order chi connectivity index (χ1) is 7.81. The van der Waals surface area contributed by atoms with Gasteiger partial charge in [-0.25, -0.2) is 0 Å². The van der Waals surface area contributed by atoms with E-state index in [1.807, 2.05) is 0 Å². The standard InChI is InChI=1S/C16H32/c1-4-6-7-8-9-10-11-12-13-15-16(3)14-5-2/h5,14,16H,4,6-13,15H2,1-3H3. The zero-order chi connectivity index (χ0) is 12.1. The van der Waals surface area contributed by atoms with E-state index < -0.39 is 0 Å². The van der Waals surface area contributed by atoms with Gasteiger partial charge in [0.2, 0.25) is 0 Å². The van der Waals surface area contributed by atoms with Gasteiger partial charge in [-0.3, -0.25) is 0 Å². The minimum atomic E-state index is 0.787. The van der Waals surface area contributed by atoms with Crippen molar-refractivity contribution in [2.24, 2.45) is 5.92 Å². The Labute approximate surface area is 104 Å². The van der Waals surface area contributed by atoms with Crippen molar-refractivity contribution in [3.05, 3.63) is 12.2 Å². The molecule has 96 valence electrons. The Kier molecular flexibility index (Phi) is 12.6. The number of hydrogen-bond acceptors (Lipinski definition) is 0. The molecule has 0 saturated heterocycles. The van der Waals surface area contributed by atoms with Crippen molar-refractivity contribution in [3.8, 4) is 0 Å². The highest BCUT2D eigenvalue weighted by Crippen LogP contribution is 2.13. The molecule has 0 heteroatoms. The minimum absolute atomic E-state index is 0.787. The number of rotatable bonds is 11. The molecule has 0 aliphatic carbocycles. The Morgan fingerprint density at radius 3 is 1.81 bits per heavy atom. The number of allylic oxidation sites excluding steroid dienone is 2. The molecular formula is C16H32. The van der Waals surface area contributed by atoms with Gasteiger partial charge in [0, 0.05) is 0 Å². The Morgan fingerprint density at radius 2 is 1.31 bits per heavy atom. The topological polar surface area (TPSA) is 0 Å². The highest BCUT2D eigenvalue weighted by atomic mass is 14.0. The summed E-state index contributed by atoms with van der Waals surface area (Å²) < 4.78 is 0. The summed E-state index contributed by atoms with van der Waals surface area (Å²) in [5.41, 5.74) is 0. The van der Waals surface area contributed by atoms with Crippen molar-refractivity contribution >= 4 is 0 Å². The third-order valence-electron chi connectivity index (χ3n) is 3.28. The molecule has 1 unspecified atom stereocenters. The summed E-state index contributed by atoms with van der Waals surface area (Å²) in [5, 5.41) is 0. The monoisotopic (exact) mass is 224 g/mol. The van der Waals surface area contributed by atoms with Gasteiger partial charge in [0.1, 0.15) is 0 Å². The molecular weight excluding hydrogens is 192 g/mol. The fourth-order valence-electron chi connectivity index (χ4n) is 2.20. The van der Waals surface area contributed by atoms with Gasteiger partial charge >= 0.3 is 0 Å². The Balaban J connectivity index is 3.04. The largest absolute Gasteiger partial charge is 0.0914 e. The molecule has 0 N–H and O–H groups in total. The van der Waals surface area contributed by atoms with Crippen LogP contribution in [-0.4, -0.2) is 0 Å². The summed E-state index contributed by atoms with van der Waals surface area (Å²) in [6.45, 7) is 6.73. The van der Waals surface area contributed by atoms with Crippen LogP contribution < -0.4 is 0 Å². The van der Waals surface area contributed by atoms with Crippen molar-refractivity contribution in [1.82, 2.24) is 0 Å². The van der Waals surface area contributed by atoms with Crippen LogP contribution in [0.2, 0.25) is 0 Å². The lowest BCUT2D eigenvalue weighted by molar-refractivity contribution is 0.529. The molecule has 0 aromatic heterocycles. The van der Waals surface area contributed by atoms with E-state index >= 15 is 0 Å². The van der Waals surface area contributed by atoms with E-state index in [2.05, 4.69) is 32.9 Å². The third-order valence-corrected chi connectivity index (χ3v) is 3.28. The normalized spacial score (nSPS) is 13.4. The van der Waals surface area contributed by atoms with Crippen molar-refractivity contribution < 1.29 is 0 Å². The summed E-state index contributed by atoms with van der Waals surface area (Å²) in [7, 11) is 0. The number of hydrogen-bond donors (Lipinski definition) is 0. The van der Waals surface area contributed by atoms with Crippen molar-refractivity contribution in [1.29, 1.82) is 0 Å². The van der Waals surface area contributed by atoms with Gasteiger partial charge in [-0.15, -0.1) is 0 Å². The van der Waals surface area contributed by atoms with E-state index in [0.717, 1.165) is 5.92 Å². The molecule has 0 aliphatic rings. The minimum Gasteiger partial charge on any atom is -0.0914 e. The van der Waals surface area contributed by atoms with Crippen molar-refractivity contribution in [2.75, 3.05) is 0 Å². The lowest BCUT2D eigenvalue weighted by Crippen LogP contribution is -1.89. The van der Waals surface area contributed by atoms with Crippen molar-refractivity contribution in [3.63, 3.8) is 0 Å². The predicted octanol–water partition coefficient (Wildman–Crippen LogP) is 6.12.